The molecule has 0 unspecified atom stereocenters. The van der Waals surface area contributed by atoms with Crippen molar-refractivity contribution in [3.05, 3.63) is 18.2 Å². The molecule has 0 aromatic carbocycles. The molecule has 1 atom stereocenters. The lowest BCUT2D eigenvalue weighted by atomic mass is 10.1. The van der Waals surface area contributed by atoms with Gasteiger partial charge >= 0.3 is 6.09 Å². The standard InChI is InChI=1S/C12H19N3O3/c1-5-10(16)9(15(3)12(17)18-4)8-11-13-6-7-14(11)2/h6-7,9H,5,8H2,1-4H3/t9-/m0/s1. The van der Waals surface area contributed by atoms with Gasteiger partial charge in [0.05, 0.1) is 7.11 Å². The third kappa shape index (κ3) is 3.09. The van der Waals surface area contributed by atoms with Crippen molar-refractivity contribution in [2.24, 2.45) is 7.05 Å². The maximum atomic E-state index is 11.9. The van der Waals surface area contributed by atoms with Crippen molar-refractivity contribution >= 4 is 11.9 Å². The summed E-state index contributed by atoms with van der Waals surface area (Å²) < 4.78 is 6.48. The molecule has 0 N–H and O–H groups in total. The summed E-state index contributed by atoms with van der Waals surface area (Å²) in [6, 6.07) is -0.538. The molecule has 0 aliphatic rings. The van der Waals surface area contributed by atoms with Crippen LogP contribution in [0.2, 0.25) is 0 Å². The van der Waals surface area contributed by atoms with E-state index < -0.39 is 12.1 Å². The van der Waals surface area contributed by atoms with Gasteiger partial charge in [-0.3, -0.25) is 4.79 Å². The van der Waals surface area contributed by atoms with E-state index in [1.54, 1.807) is 26.4 Å². The molecular weight excluding hydrogens is 234 g/mol. The second-order valence-electron chi connectivity index (χ2n) is 4.08. The number of hydrogen-bond donors (Lipinski definition) is 0. The Kier molecular flexibility index (Phi) is 4.88. The fourth-order valence-electron chi connectivity index (χ4n) is 1.74. The number of Topliss-reactive ketones (excluding diaryl/α,β-unsaturated/α-hetero) is 1. The van der Waals surface area contributed by atoms with Gasteiger partial charge in [-0.1, -0.05) is 6.92 Å². The molecule has 0 bridgehead atoms. The van der Waals surface area contributed by atoms with E-state index in [-0.39, 0.29) is 5.78 Å². The molecule has 6 nitrogen and oxygen atoms in total. The van der Waals surface area contributed by atoms with Crippen molar-refractivity contribution in [2.45, 2.75) is 25.8 Å². The number of ketones is 1. The number of ether oxygens (including phenoxy) is 1. The van der Waals surface area contributed by atoms with Crippen molar-refractivity contribution in [3.63, 3.8) is 0 Å². The number of rotatable bonds is 5. The van der Waals surface area contributed by atoms with Crippen LogP contribution in [0, 0.1) is 0 Å². The highest BCUT2D eigenvalue weighted by atomic mass is 16.5. The molecule has 0 saturated heterocycles. The van der Waals surface area contributed by atoms with Gasteiger partial charge in [-0.05, 0) is 0 Å². The zero-order valence-corrected chi connectivity index (χ0v) is 11.2. The maximum Gasteiger partial charge on any atom is 0.409 e. The first-order valence-corrected chi connectivity index (χ1v) is 5.80. The third-order valence-electron chi connectivity index (χ3n) is 2.95. The molecule has 0 aliphatic heterocycles. The van der Waals surface area contributed by atoms with E-state index in [2.05, 4.69) is 9.72 Å². The van der Waals surface area contributed by atoms with Gasteiger partial charge in [0, 0.05) is 39.3 Å². The molecule has 1 aromatic rings. The van der Waals surface area contributed by atoms with Crippen molar-refractivity contribution in [1.29, 1.82) is 0 Å². The predicted molar refractivity (Wildman–Crippen MR) is 66.2 cm³/mol. The lowest BCUT2D eigenvalue weighted by molar-refractivity contribution is -0.123. The molecule has 0 saturated carbocycles. The molecule has 1 amide bonds. The molecule has 100 valence electrons. The molecule has 0 fully saturated rings. The van der Waals surface area contributed by atoms with Gasteiger partial charge in [-0.25, -0.2) is 9.78 Å². The minimum atomic E-state index is -0.538. The molecule has 1 rings (SSSR count). The number of likely N-dealkylation sites (N-methyl/N-ethyl adjacent to an activating group) is 1. The van der Waals surface area contributed by atoms with Crippen LogP contribution < -0.4 is 0 Å². The largest absolute Gasteiger partial charge is 0.453 e. The first-order chi connectivity index (χ1) is 8.51. The summed E-state index contributed by atoms with van der Waals surface area (Å²) in [6.45, 7) is 1.78. The van der Waals surface area contributed by atoms with Crippen LogP contribution in [-0.2, 0) is 23.0 Å². The highest BCUT2D eigenvalue weighted by molar-refractivity contribution is 5.87. The van der Waals surface area contributed by atoms with Crippen molar-refractivity contribution in [3.8, 4) is 0 Å². The summed E-state index contributed by atoms with van der Waals surface area (Å²) in [5.74, 6) is 0.753. The normalized spacial score (nSPS) is 12.0. The number of nitrogens with zero attached hydrogens (tertiary/aromatic N) is 3. The summed E-state index contributed by atoms with van der Waals surface area (Å²) in [5, 5.41) is 0. The van der Waals surface area contributed by atoms with Crippen LogP contribution in [0.5, 0.6) is 0 Å². The van der Waals surface area contributed by atoms with E-state index in [4.69, 9.17) is 0 Å². The van der Waals surface area contributed by atoms with Gasteiger partial charge in [-0.15, -0.1) is 0 Å². The minimum Gasteiger partial charge on any atom is -0.453 e. The number of aryl methyl sites for hydroxylation is 1. The topological polar surface area (TPSA) is 64.4 Å². The van der Waals surface area contributed by atoms with Crippen LogP contribution in [0.3, 0.4) is 0 Å². The van der Waals surface area contributed by atoms with Crippen LogP contribution in [0.1, 0.15) is 19.2 Å². The Morgan fingerprint density at radius 2 is 2.22 bits per heavy atom. The Labute approximate surface area is 107 Å². The van der Waals surface area contributed by atoms with Gasteiger partial charge in [0.15, 0.2) is 5.78 Å². The highest BCUT2D eigenvalue weighted by Gasteiger charge is 2.27. The van der Waals surface area contributed by atoms with Crippen LogP contribution >= 0.6 is 0 Å². The minimum absolute atomic E-state index is 0.00843. The summed E-state index contributed by atoms with van der Waals surface area (Å²) >= 11 is 0. The fraction of sp³-hybridized carbons (Fsp3) is 0.583. The average Bonchev–Trinajstić information content (AvgIpc) is 2.78. The van der Waals surface area contributed by atoms with Crippen molar-refractivity contribution in [1.82, 2.24) is 14.5 Å². The lowest BCUT2D eigenvalue weighted by Crippen LogP contribution is -2.44. The predicted octanol–water partition coefficient (Wildman–Crippen LogP) is 1.01. The number of carbonyl (C=O) groups is 2. The Balaban J connectivity index is 2.89. The van der Waals surface area contributed by atoms with Gasteiger partial charge in [0.1, 0.15) is 11.9 Å². The van der Waals surface area contributed by atoms with E-state index in [9.17, 15) is 9.59 Å². The second-order valence-corrected chi connectivity index (χ2v) is 4.08. The van der Waals surface area contributed by atoms with Crippen LogP contribution in [0.15, 0.2) is 12.4 Å². The Morgan fingerprint density at radius 1 is 1.56 bits per heavy atom. The van der Waals surface area contributed by atoms with Crippen LogP contribution in [0.25, 0.3) is 0 Å². The summed E-state index contributed by atoms with van der Waals surface area (Å²) in [5.41, 5.74) is 0. The fourth-order valence-corrected chi connectivity index (χ4v) is 1.74. The first kappa shape index (κ1) is 14.2. The molecule has 0 radical (unpaired) electrons. The molecule has 6 heteroatoms. The zero-order chi connectivity index (χ0) is 13.7. The molecule has 18 heavy (non-hydrogen) atoms. The number of methoxy groups -OCH3 is 1. The van der Waals surface area contributed by atoms with Gasteiger partial charge in [0.25, 0.3) is 0 Å². The smallest absolute Gasteiger partial charge is 0.409 e. The lowest BCUT2D eigenvalue weighted by Gasteiger charge is -2.25. The number of carbonyl (C=O) groups excluding carboxylic acids is 2. The Hall–Kier alpha value is -1.85. The van der Waals surface area contributed by atoms with E-state index in [1.165, 1.54) is 12.0 Å². The van der Waals surface area contributed by atoms with E-state index in [1.807, 2.05) is 11.6 Å². The second kappa shape index (κ2) is 6.18. The Bertz CT molecular complexity index is 428. The SMILES string of the molecule is CCC(=O)[C@H](Cc1nccn1C)N(C)C(=O)OC. The third-order valence-corrected chi connectivity index (χ3v) is 2.95. The van der Waals surface area contributed by atoms with Crippen LogP contribution in [-0.4, -0.2) is 46.5 Å². The molecular formula is C12H19N3O3. The quantitative estimate of drug-likeness (QED) is 0.785. The number of hydrogen-bond acceptors (Lipinski definition) is 4. The van der Waals surface area contributed by atoms with E-state index in [0.717, 1.165) is 5.82 Å². The monoisotopic (exact) mass is 253 g/mol. The Morgan fingerprint density at radius 3 is 2.67 bits per heavy atom. The zero-order valence-electron chi connectivity index (χ0n) is 11.2. The van der Waals surface area contributed by atoms with Gasteiger partial charge in [0.2, 0.25) is 0 Å². The van der Waals surface area contributed by atoms with Crippen molar-refractivity contribution < 1.29 is 14.3 Å². The molecule has 1 aromatic heterocycles. The number of amides is 1. The number of imidazole rings is 1. The average molecular weight is 253 g/mol. The molecule has 0 spiro atoms. The summed E-state index contributed by atoms with van der Waals surface area (Å²) in [6.07, 6.45) is 3.72. The van der Waals surface area contributed by atoms with E-state index in [0.29, 0.717) is 12.8 Å². The summed E-state index contributed by atoms with van der Waals surface area (Å²) in [7, 11) is 4.72. The molecule has 0 aliphatic carbocycles. The maximum absolute atomic E-state index is 11.9. The van der Waals surface area contributed by atoms with Gasteiger partial charge in [-0.2, -0.15) is 0 Å². The highest BCUT2D eigenvalue weighted by Crippen LogP contribution is 2.10. The van der Waals surface area contributed by atoms with Crippen molar-refractivity contribution in [2.75, 3.05) is 14.2 Å². The van der Waals surface area contributed by atoms with Crippen LogP contribution in [0.4, 0.5) is 4.79 Å². The van der Waals surface area contributed by atoms with Gasteiger partial charge < -0.3 is 14.2 Å². The first-order valence-electron chi connectivity index (χ1n) is 5.80. The molecule has 1 heterocycles. The van der Waals surface area contributed by atoms with E-state index >= 15 is 0 Å². The summed E-state index contributed by atoms with van der Waals surface area (Å²) in [4.78, 5) is 28.9. The number of aromatic nitrogens is 2.